The Hall–Kier alpha value is -4.43. The molecule has 0 spiro atoms. The second kappa shape index (κ2) is 10.5. The molecule has 3 heterocycles. The van der Waals surface area contributed by atoms with Gasteiger partial charge in [-0.05, 0) is 80.9 Å². The Morgan fingerprint density at radius 2 is 1.87 bits per heavy atom. The Kier molecular flexibility index (Phi) is 6.98. The van der Waals surface area contributed by atoms with E-state index in [0.29, 0.717) is 28.9 Å². The summed E-state index contributed by atoms with van der Waals surface area (Å²) in [5.74, 6) is 1.16. The zero-order valence-corrected chi connectivity index (χ0v) is 21.9. The van der Waals surface area contributed by atoms with Gasteiger partial charge in [0, 0.05) is 23.5 Å². The maximum absolute atomic E-state index is 12.8. The third-order valence-corrected chi connectivity index (χ3v) is 5.86. The summed E-state index contributed by atoms with van der Waals surface area (Å²) in [6.07, 6.45) is 4.47. The van der Waals surface area contributed by atoms with Crippen molar-refractivity contribution in [2.24, 2.45) is 0 Å². The van der Waals surface area contributed by atoms with E-state index in [1.165, 1.54) is 10.9 Å². The van der Waals surface area contributed by atoms with Crippen LogP contribution in [0.2, 0.25) is 5.02 Å². The van der Waals surface area contributed by atoms with E-state index in [0.717, 1.165) is 27.8 Å². The number of pyridine rings is 1. The number of carbonyl (C=O) groups excluding carboxylic acids is 1. The lowest BCUT2D eigenvalue weighted by Crippen LogP contribution is -2.27. The molecule has 1 N–H and O–H groups in total. The Bertz CT molecular complexity index is 1600. The number of halogens is 1. The Labute approximate surface area is 225 Å². The van der Waals surface area contributed by atoms with E-state index in [4.69, 9.17) is 21.1 Å². The molecule has 0 saturated carbocycles. The van der Waals surface area contributed by atoms with Crippen molar-refractivity contribution < 1.29 is 14.3 Å². The molecule has 5 aromatic rings. The molecule has 192 valence electrons. The van der Waals surface area contributed by atoms with Gasteiger partial charge >= 0.3 is 6.09 Å². The molecular formula is C29H26ClN5O3. The highest BCUT2D eigenvalue weighted by Crippen LogP contribution is 2.32. The molecule has 0 aliphatic rings. The second-order valence-corrected chi connectivity index (χ2v) is 9.99. The minimum atomic E-state index is -0.604. The topological polar surface area (TPSA) is 91.2 Å². The van der Waals surface area contributed by atoms with Crippen molar-refractivity contribution in [3.63, 3.8) is 0 Å². The number of nitrogens with zero attached hydrogens (tertiary/aromatic N) is 4. The van der Waals surface area contributed by atoms with Crippen LogP contribution in [-0.4, -0.2) is 31.2 Å². The Balaban J connectivity index is 1.40. The standard InChI is InChI=1S/C29H26ClN5O3/c1-29(2,3)38-28(36)35-14-6-8-25(35)19-9-11-24-22(15-19)27(33-18-32-24)34-20-10-12-26(23(30)16-20)37-17-21-7-4-5-13-31-21/h4-16,18H,17H2,1-3H3,(H,32,33,34). The van der Waals surface area contributed by atoms with Crippen molar-refractivity contribution in [1.82, 2.24) is 19.5 Å². The average Bonchev–Trinajstić information content (AvgIpc) is 3.38. The number of hydrogen-bond acceptors (Lipinski definition) is 7. The predicted molar refractivity (Wildman–Crippen MR) is 148 cm³/mol. The van der Waals surface area contributed by atoms with E-state index in [-0.39, 0.29) is 0 Å². The Morgan fingerprint density at radius 1 is 1.00 bits per heavy atom. The highest BCUT2D eigenvalue weighted by molar-refractivity contribution is 6.32. The number of aromatic nitrogens is 4. The average molecular weight is 528 g/mol. The van der Waals surface area contributed by atoms with Gasteiger partial charge in [-0.3, -0.25) is 9.55 Å². The highest BCUT2D eigenvalue weighted by atomic mass is 35.5. The minimum Gasteiger partial charge on any atom is -0.486 e. The van der Waals surface area contributed by atoms with Gasteiger partial charge in [0.1, 0.15) is 30.1 Å². The van der Waals surface area contributed by atoms with Crippen LogP contribution < -0.4 is 10.1 Å². The van der Waals surface area contributed by atoms with Crippen molar-refractivity contribution in [3.8, 4) is 17.0 Å². The zero-order valence-electron chi connectivity index (χ0n) is 21.2. The monoisotopic (exact) mass is 527 g/mol. The van der Waals surface area contributed by atoms with Crippen LogP contribution in [0, 0.1) is 0 Å². The number of rotatable bonds is 6. The van der Waals surface area contributed by atoms with Gasteiger partial charge in [0.25, 0.3) is 0 Å². The maximum atomic E-state index is 12.8. The van der Waals surface area contributed by atoms with Crippen molar-refractivity contribution in [1.29, 1.82) is 0 Å². The number of anilines is 2. The summed E-state index contributed by atoms with van der Waals surface area (Å²) < 4.78 is 12.9. The van der Waals surface area contributed by atoms with Crippen molar-refractivity contribution in [2.75, 3.05) is 5.32 Å². The van der Waals surface area contributed by atoms with Gasteiger partial charge in [0.2, 0.25) is 0 Å². The molecule has 0 aliphatic carbocycles. The molecule has 9 heteroatoms. The first-order valence-electron chi connectivity index (χ1n) is 12.0. The summed E-state index contributed by atoms with van der Waals surface area (Å²) in [5, 5.41) is 4.57. The molecule has 0 radical (unpaired) electrons. The number of nitrogens with one attached hydrogen (secondary N) is 1. The van der Waals surface area contributed by atoms with Crippen molar-refractivity contribution in [2.45, 2.75) is 33.0 Å². The fourth-order valence-electron chi connectivity index (χ4n) is 3.87. The van der Waals surface area contributed by atoms with E-state index >= 15 is 0 Å². The molecule has 0 unspecified atom stereocenters. The van der Waals surface area contributed by atoms with Crippen molar-refractivity contribution >= 4 is 40.1 Å². The molecule has 0 bridgehead atoms. The highest BCUT2D eigenvalue weighted by Gasteiger charge is 2.20. The fraction of sp³-hybridized carbons (Fsp3) is 0.172. The predicted octanol–water partition coefficient (Wildman–Crippen LogP) is 7.25. The first kappa shape index (κ1) is 25.2. The second-order valence-electron chi connectivity index (χ2n) is 9.58. The fourth-order valence-corrected chi connectivity index (χ4v) is 4.10. The maximum Gasteiger partial charge on any atom is 0.418 e. The normalized spacial score (nSPS) is 11.4. The molecular weight excluding hydrogens is 502 g/mol. The first-order valence-corrected chi connectivity index (χ1v) is 12.4. The van der Waals surface area contributed by atoms with E-state index in [1.54, 1.807) is 24.5 Å². The van der Waals surface area contributed by atoms with Gasteiger partial charge in [0.05, 0.1) is 21.9 Å². The number of fused-ring (bicyclic) bond motifs is 1. The minimum absolute atomic E-state index is 0.317. The van der Waals surface area contributed by atoms with Gasteiger partial charge in [-0.2, -0.15) is 0 Å². The molecule has 0 atom stereocenters. The summed E-state index contributed by atoms with van der Waals surface area (Å²) >= 11 is 6.50. The lowest BCUT2D eigenvalue weighted by atomic mass is 10.1. The largest absolute Gasteiger partial charge is 0.486 e. The van der Waals surface area contributed by atoms with E-state index in [2.05, 4.69) is 20.3 Å². The molecule has 38 heavy (non-hydrogen) atoms. The molecule has 8 nitrogen and oxygen atoms in total. The molecule has 0 amide bonds. The van der Waals surface area contributed by atoms with E-state index in [9.17, 15) is 4.79 Å². The van der Waals surface area contributed by atoms with Crippen molar-refractivity contribution in [3.05, 3.63) is 96.2 Å². The van der Waals surface area contributed by atoms with Crippen LogP contribution in [0.15, 0.2) is 85.5 Å². The van der Waals surface area contributed by atoms with Crippen LogP contribution >= 0.6 is 11.6 Å². The van der Waals surface area contributed by atoms with Crippen LogP contribution in [0.25, 0.3) is 22.2 Å². The van der Waals surface area contributed by atoms with Gasteiger partial charge in [0.15, 0.2) is 0 Å². The van der Waals surface area contributed by atoms with Gasteiger partial charge < -0.3 is 14.8 Å². The summed E-state index contributed by atoms with van der Waals surface area (Å²) in [6, 6.07) is 20.5. The van der Waals surface area contributed by atoms with Crippen LogP contribution in [0.1, 0.15) is 26.5 Å². The van der Waals surface area contributed by atoms with Crippen LogP contribution in [0.4, 0.5) is 16.3 Å². The SMILES string of the molecule is CC(C)(C)OC(=O)n1cccc1-c1ccc2ncnc(Nc3ccc(OCc4ccccn4)c(Cl)c3)c2c1. The molecule has 3 aromatic heterocycles. The van der Waals surface area contributed by atoms with Gasteiger partial charge in [-0.1, -0.05) is 23.7 Å². The molecule has 5 rings (SSSR count). The van der Waals surface area contributed by atoms with E-state index < -0.39 is 11.7 Å². The lowest BCUT2D eigenvalue weighted by Gasteiger charge is -2.20. The number of benzene rings is 2. The van der Waals surface area contributed by atoms with Crippen LogP contribution in [0.5, 0.6) is 5.75 Å². The Morgan fingerprint density at radius 3 is 2.63 bits per heavy atom. The number of hydrogen-bond donors (Lipinski definition) is 1. The van der Waals surface area contributed by atoms with Gasteiger partial charge in [-0.25, -0.2) is 14.8 Å². The van der Waals surface area contributed by atoms with Crippen LogP contribution in [-0.2, 0) is 11.3 Å². The molecule has 0 saturated heterocycles. The summed E-state index contributed by atoms with van der Waals surface area (Å²) in [7, 11) is 0. The summed E-state index contributed by atoms with van der Waals surface area (Å²) in [5.41, 5.74) is 3.22. The van der Waals surface area contributed by atoms with Gasteiger partial charge in [-0.15, -0.1) is 0 Å². The summed E-state index contributed by atoms with van der Waals surface area (Å²) in [6.45, 7) is 5.83. The zero-order chi connectivity index (χ0) is 26.7. The van der Waals surface area contributed by atoms with E-state index in [1.807, 2.05) is 75.4 Å². The third-order valence-electron chi connectivity index (χ3n) is 5.57. The molecule has 0 fully saturated rings. The molecule has 0 aliphatic heterocycles. The summed E-state index contributed by atoms with van der Waals surface area (Å²) in [4.78, 5) is 25.9. The smallest absolute Gasteiger partial charge is 0.418 e. The lowest BCUT2D eigenvalue weighted by molar-refractivity contribution is 0.0540. The quantitative estimate of drug-likeness (QED) is 0.248. The van der Waals surface area contributed by atoms with Crippen LogP contribution in [0.3, 0.4) is 0 Å². The third kappa shape index (κ3) is 5.76. The first-order chi connectivity index (χ1) is 18.3. The number of carbonyl (C=O) groups is 1. The molecule has 2 aromatic carbocycles. The number of ether oxygens (including phenoxy) is 2.